The third-order valence-corrected chi connectivity index (χ3v) is 2.45. The van der Waals surface area contributed by atoms with Crippen molar-refractivity contribution in [3.8, 4) is 0 Å². The molecule has 1 amide bonds. The molecule has 0 bridgehead atoms. The number of carbonyl (C=O) groups excluding carboxylic acids is 1. The van der Waals surface area contributed by atoms with Crippen molar-refractivity contribution in [1.82, 2.24) is 5.32 Å². The first kappa shape index (κ1) is 21.7. The van der Waals surface area contributed by atoms with Crippen LogP contribution in [0.1, 0.15) is 61.8 Å². The molecule has 0 aliphatic rings. The second-order valence-corrected chi connectivity index (χ2v) is 6.08. The SMILES string of the molecule is CC.CCOCC(C)(C)COCC(C)(C)NC(=O)CC. The third kappa shape index (κ3) is 12.4. The molecule has 4 nitrogen and oxygen atoms in total. The van der Waals surface area contributed by atoms with Gasteiger partial charge in [0.1, 0.15) is 0 Å². The van der Waals surface area contributed by atoms with E-state index in [2.05, 4.69) is 19.2 Å². The van der Waals surface area contributed by atoms with E-state index in [9.17, 15) is 4.79 Å². The monoisotopic (exact) mass is 289 g/mol. The molecule has 20 heavy (non-hydrogen) atoms. The fraction of sp³-hybridized carbons (Fsp3) is 0.938. The van der Waals surface area contributed by atoms with Crippen molar-refractivity contribution in [3.05, 3.63) is 0 Å². The summed E-state index contributed by atoms with van der Waals surface area (Å²) in [4.78, 5) is 11.3. The Morgan fingerprint density at radius 3 is 1.90 bits per heavy atom. The molecule has 0 aromatic heterocycles. The van der Waals surface area contributed by atoms with Crippen molar-refractivity contribution in [2.75, 3.05) is 26.4 Å². The Balaban J connectivity index is 0. The van der Waals surface area contributed by atoms with Crippen molar-refractivity contribution in [2.45, 2.75) is 67.3 Å². The average molecular weight is 289 g/mol. The number of amides is 1. The van der Waals surface area contributed by atoms with E-state index in [0.717, 1.165) is 6.61 Å². The molecule has 0 aliphatic heterocycles. The molecule has 0 saturated carbocycles. The topological polar surface area (TPSA) is 47.6 Å². The van der Waals surface area contributed by atoms with Crippen LogP contribution in [0.2, 0.25) is 0 Å². The summed E-state index contributed by atoms with van der Waals surface area (Å²) < 4.78 is 11.1. The Hall–Kier alpha value is -0.610. The fourth-order valence-corrected chi connectivity index (χ4v) is 1.50. The molecule has 0 aromatic carbocycles. The minimum absolute atomic E-state index is 0.000848. The van der Waals surface area contributed by atoms with Gasteiger partial charge in [0.05, 0.1) is 25.4 Å². The number of nitrogens with one attached hydrogen (secondary N) is 1. The lowest BCUT2D eigenvalue weighted by Gasteiger charge is -2.29. The zero-order valence-corrected chi connectivity index (χ0v) is 14.8. The lowest BCUT2D eigenvalue weighted by Crippen LogP contribution is -2.47. The minimum Gasteiger partial charge on any atom is -0.381 e. The summed E-state index contributed by atoms with van der Waals surface area (Å²) in [6.07, 6.45) is 0.499. The van der Waals surface area contributed by atoms with Crippen LogP contribution in [0.4, 0.5) is 0 Å². The van der Waals surface area contributed by atoms with Crippen LogP contribution in [-0.4, -0.2) is 37.9 Å². The molecule has 0 rings (SSSR count). The number of hydrogen-bond donors (Lipinski definition) is 1. The van der Waals surface area contributed by atoms with Crippen LogP contribution in [0.25, 0.3) is 0 Å². The highest BCUT2D eigenvalue weighted by Crippen LogP contribution is 2.17. The molecule has 0 radical (unpaired) electrons. The molecule has 0 unspecified atom stereocenters. The van der Waals surface area contributed by atoms with E-state index in [1.165, 1.54) is 0 Å². The summed E-state index contributed by atoms with van der Waals surface area (Å²) in [5.74, 6) is 0.0529. The Labute approximate surface area is 125 Å². The molecule has 0 heterocycles. The van der Waals surface area contributed by atoms with Crippen LogP contribution < -0.4 is 5.32 Å². The van der Waals surface area contributed by atoms with Crippen molar-refractivity contribution in [3.63, 3.8) is 0 Å². The maximum Gasteiger partial charge on any atom is 0.220 e. The minimum atomic E-state index is -0.325. The molecule has 0 aliphatic carbocycles. The molecule has 4 heteroatoms. The molecule has 0 fully saturated rings. The van der Waals surface area contributed by atoms with Crippen LogP contribution in [0.15, 0.2) is 0 Å². The van der Waals surface area contributed by atoms with Gasteiger partial charge in [-0.1, -0.05) is 34.6 Å². The zero-order valence-electron chi connectivity index (χ0n) is 14.8. The van der Waals surface area contributed by atoms with Gasteiger partial charge in [0, 0.05) is 18.4 Å². The van der Waals surface area contributed by atoms with Gasteiger partial charge in [-0.05, 0) is 20.8 Å². The summed E-state index contributed by atoms with van der Waals surface area (Å²) in [7, 11) is 0. The molecule has 0 atom stereocenters. The van der Waals surface area contributed by atoms with Crippen molar-refractivity contribution >= 4 is 5.91 Å². The molecule has 0 aromatic rings. The number of ether oxygens (including phenoxy) is 2. The zero-order chi connectivity index (χ0) is 16.2. The smallest absolute Gasteiger partial charge is 0.220 e. The van der Waals surface area contributed by atoms with Gasteiger partial charge in [0.2, 0.25) is 5.91 Å². The van der Waals surface area contributed by atoms with Gasteiger partial charge in [-0.3, -0.25) is 4.79 Å². The summed E-state index contributed by atoms with van der Waals surface area (Å²) in [6, 6.07) is 0. The van der Waals surface area contributed by atoms with Crippen molar-refractivity contribution < 1.29 is 14.3 Å². The van der Waals surface area contributed by atoms with E-state index in [1.54, 1.807) is 0 Å². The molecule has 0 saturated heterocycles. The first-order valence-electron chi connectivity index (χ1n) is 7.69. The Bertz CT molecular complexity index is 250. The summed E-state index contributed by atoms with van der Waals surface area (Å²) in [6.45, 7) is 18.5. The van der Waals surface area contributed by atoms with Crippen LogP contribution in [0.5, 0.6) is 0 Å². The van der Waals surface area contributed by atoms with E-state index in [-0.39, 0.29) is 16.9 Å². The fourth-order valence-electron chi connectivity index (χ4n) is 1.50. The maximum absolute atomic E-state index is 11.3. The third-order valence-electron chi connectivity index (χ3n) is 2.45. The summed E-state index contributed by atoms with van der Waals surface area (Å²) in [5, 5.41) is 2.94. The van der Waals surface area contributed by atoms with Crippen molar-refractivity contribution in [1.29, 1.82) is 0 Å². The maximum atomic E-state index is 11.3. The highest BCUT2D eigenvalue weighted by molar-refractivity contribution is 5.76. The van der Waals surface area contributed by atoms with Gasteiger partial charge < -0.3 is 14.8 Å². The summed E-state index contributed by atoms with van der Waals surface area (Å²) >= 11 is 0. The van der Waals surface area contributed by atoms with E-state index in [0.29, 0.717) is 26.2 Å². The molecule has 0 spiro atoms. The van der Waals surface area contributed by atoms with Gasteiger partial charge in [0.25, 0.3) is 0 Å². The van der Waals surface area contributed by atoms with Gasteiger partial charge in [-0.25, -0.2) is 0 Å². The predicted molar refractivity (Wildman–Crippen MR) is 85.0 cm³/mol. The van der Waals surface area contributed by atoms with Crippen LogP contribution in [0, 0.1) is 5.41 Å². The van der Waals surface area contributed by atoms with E-state index < -0.39 is 0 Å². The Morgan fingerprint density at radius 2 is 1.45 bits per heavy atom. The quantitative estimate of drug-likeness (QED) is 0.707. The molecule has 122 valence electrons. The first-order chi connectivity index (χ1) is 9.22. The standard InChI is InChI=1S/C14H29NO3.C2H6/c1-7-12(16)15-14(5,6)11-18-10-13(3,4)9-17-8-2;1-2/h7-11H2,1-6H3,(H,15,16);1-2H3. The normalized spacial score (nSPS) is 11.6. The van der Waals surface area contributed by atoms with E-state index in [4.69, 9.17) is 9.47 Å². The second kappa shape index (κ2) is 11.1. The Morgan fingerprint density at radius 1 is 0.950 bits per heavy atom. The van der Waals surface area contributed by atoms with Gasteiger partial charge in [-0.15, -0.1) is 0 Å². The van der Waals surface area contributed by atoms with Gasteiger partial charge in [0.15, 0.2) is 0 Å². The summed E-state index contributed by atoms with van der Waals surface area (Å²) in [5.41, 5.74) is -0.324. The highest BCUT2D eigenvalue weighted by Gasteiger charge is 2.23. The number of carbonyl (C=O) groups is 1. The first-order valence-corrected chi connectivity index (χ1v) is 7.69. The van der Waals surface area contributed by atoms with Crippen LogP contribution in [-0.2, 0) is 14.3 Å². The number of rotatable bonds is 9. The predicted octanol–water partition coefficient (Wildman–Crippen LogP) is 3.40. The van der Waals surface area contributed by atoms with Crippen molar-refractivity contribution in [2.24, 2.45) is 5.41 Å². The van der Waals surface area contributed by atoms with Crippen LogP contribution >= 0.6 is 0 Å². The highest BCUT2D eigenvalue weighted by atomic mass is 16.5. The molecular weight excluding hydrogens is 254 g/mol. The van der Waals surface area contributed by atoms with Gasteiger partial charge in [-0.2, -0.15) is 0 Å². The lowest BCUT2D eigenvalue weighted by atomic mass is 9.96. The van der Waals surface area contributed by atoms with E-state index >= 15 is 0 Å². The molecule has 1 N–H and O–H groups in total. The van der Waals surface area contributed by atoms with Gasteiger partial charge >= 0.3 is 0 Å². The number of hydrogen-bond acceptors (Lipinski definition) is 3. The Kier molecular flexibility index (Phi) is 12.0. The second-order valence-electron chi connectivity index (χ2n) is 6.08. The average Bonchev–Trinajstić information content (AvgIpc) is 2.37. The van der Waals surface area contributed by atoms with E-state index in [1.807, 2.05) is 41.5 Å². The largest absolute Gasteiger partial charge is 0.381 e. The molecular formula is C16H35NO3. The lowest BCUT2D eigenvalue weighted by molar-refractivity contribution is -0.123. The van der Waals surface area contributed by atoms with Crippen LogP contribution in [0.3, 0.4) is 0 Å².